The standard InChI is InChI=1S/2C13H10O5/c2*14-9-6-8(11(16)13(18)12(9)17)10(15)7-4-2-1-3-5-7/h2*1-6,14,16-18H. The van der Waals surface area contributed by atoms with Crippen molar-refractivity contribution in [3.8, 4) is 46.0 Å². The number of aromatic hydroxyl groups is 8. The summed E-state index contributed by atoms with van der Waals surface area (Å²) in [6, 6.07) is 17.9. The summed E-state index contributed by atoms with van der Waals surface area (Å²) in [4.78, 5) is 24.0. The fraction of sp³-hybridized carbons (Fsp3) is 0. The van der Waals surface area contributed by atoms with Gasteiger partial charge in [-0.15, -0.1) is 0 Å². The van der Waals surface area contributed by atoms with Gasteiger partial charge in [0.05, 0.1) is 11.1 Å². The van der Waals surface area contributed by atoms with Crippen molar-refractivity contribution in [3.05, 3.63) is 95.1 Å². The number of phenols is 8. The van der Waals surface area contributed by atoms with E-state index in [4.69, 9.17) is 0 Å². The molecule has 0 aromatic heterocycles. The molecule has 10 heteroatoms. The van der Waals surface area contributed by atoms with Gasteiger partial charge >= 0.3 is 0 Å². The zero-order valence-electron chi connectivity index (χ0n) is 18.3. The molecule has 0 aliphatic carbocycles. The van der Waals surface area contributed by atoms with E-state index in [1.807, 2.05) is 0 Å². The van der Waals surface area contributed by atoms with Crippen LogP contribution < -0.4 is 0 Å². The van der Waals surface area contributed by atoms with Crippen LogP contribution in [0.5, 0.6) is 46.0 Å². The Labute approximate surface area is 203 Å². The lowest BCUT2D eigenvalue weighted by Gasteiger charge is -2.08. The minimum Gasteiger partial charge on any atom is -0.504 e. The highest BCUT2D eigenvalue weighted by Gasteiger charge is 2.23. The molecule has 0 atom stereocenters. The molecule has 0 heterocycles. The summed E-state index contributed by atoms with van der Waals surface area (Å²) in [5, 5.41) is 74.9. The molecule has 10 nitrogen and oxygen atoms in total. The Bertz CT molecular complexity index is 1320. The molecule has 36 heavy (non-hydrogen) atoms. The second kappa shape index (κ2) is 10.3. The quantitative estimate of drug-likeness (QED) is 0.119. The minimum atomic E-state index is -0.922. The Morgan fingerprint density at radius 3 is 1.03 bits per heavy atom. The zero-order valence-corrected chi connectivity index (χ0v) is 18.3. The molecule has 0 saturated carbocycles. The highest BCUT2D eigenvalue weighted by Crippen LogP contribution is 2.45. The molecule has 0 unspecified atom stereocenters. The maximum absolute atomic E-state index is 12.0. The molecule has 4 aromatic rings. The Morgan fingerprint density at radius 2 is 0.722 bits per heavy atom. The van der Waals surface area contributed by atoms with E-state index in [0.29, 0.717) is 0 Å². The maximum Gasteiger partial charge on any atom is 0.205 e. The summed E-state index contributed by atoms with van der Waals surface area (Å²) in [7, 11) is 0. The molecule has 4 rings (SSSR count). The number of carbonyl (C=O) groups is 2. The lowest BCUT2D eigenvalue weighted by Crippen LogP contribution is -2.01. The predicted octanol–water partition coefficient (Wildman–Crippen LogP) is 3.48. The third kappa shape index (κ3) is 4.92. The molecule has 0 fully saturated rings. The molecule has 0 radical (unpaired) electrons. The smallest absolute Gasteiger partial charge is 0.205 e. The summed E-state index contributed by atoms with van der Waals surface area (Å²) in [5.74, 6) is -7.59. The topological polar surface area (TPSA) is 196 Å². The van der Waals surface area contributed by atoms with Gasteiger partial charge in [-0.1, -0.05) is 60.7 Å². The van der Waals surface area contributed by atoms with Crippen molar-refractivity contribution in [2.75, 3.05) is 0 Å². The van der Waals surface area contributed by atoms with E-state index < -0.39 is 57.6 Å². The molecule has 0 amide bonds. The third-order valence-electron chi connectivity index (χ3n) is 5.02. The van der Waals surface area contributed by atoms with E-state index in [0.717, 1.165) is 12.1 Å². The van der Waals surface area contributed by atoms with Crippen LogP contribution in [-0.2, 0) is 0 Å². The SMILES string of the molecule is O=C(c1ccccc1)c1cc(O)c(O)c(O)c1O.O=C(c1ccccc1)c1cc(O)c(O)c(O)c1O. The maximum atomic E-state index is 12.0. The molecule has 8 N–H and O–H groups in total. The largest absolute Gasteiger partial charge is 0.504 e. The first-order valence-corrected chi connectivity index (χ1v) is 10.2. The summed E-state index contributed by atoms with van der Waals surface area (Å²) in [6.07, 6.45) is 0. The summed E-state index contributed by atoms with van der Waals surface area (Å²) in [5.41, 5.74) is 0.0116. The summed E-state index contributed by atoms with van der Waals surface area (Å²) >= 11 is 0. The van der Waals surface area contributed by atoms with Crippen molar-refractivity contribution in [2.45, 2.75) is 0 Å². The molecule has 0 bridgehead atoms. The van der Waals surface area contributed by atoms with Gasteiger partial charge < -0.3 is 40.9 Å². The number of rotatable bonds is 4. The molecule has 184 valence electrons. The van der Waals surface area contributed by atoms with E-state index in [9.17, 15) is 50.4 Å². The second-order valence-electron chi connectivity index (χ2n) is 7.37. The normalized spacial score (nSPS) is 10.2. The van der Waals surface area contributed by atoms with Gasteiger partial charge in [-0.25, -0.2) is 0 Å². The van der Waals surface area contributed by atoms with Gasteiger partial charge in [0.15, 0.2) is 34.6 Å². The number of carbonyl (C=O) groups excluding carboxylic acids is 2. The number of phenolic OH excluding ortho intramolecular Hbond substituents is 8. The Kier molecular flexibility index (Phi) is 7.20. The number of ketones is 2. The average molecular weight is 492 g/mol. The van der Waals surface area contributed by atoms with Crippen molar-refractivity contribution in [3.63, 3.8) is 0 Å². The highest BCUT2D eigenvalue weighted by molar-refractivity contribution is 6.12. The second-order valence-corrected chi connectivity index (χ2v) is 7.37. The molecule has 0 aliphatic heterocycles. The van der Waals surface area contributed by atoms with E-state index in [1.165, 1.54) is 24.3 Å². The van der Waals surface area contributed by atoms with Crippen LogP contribution in [0.2, 0.25) is 0 Å². The van der Waals surface area contributed by atoms with Crippen LogP contribution >= 0.6 is 0 Å². The van der Waals surface area contributed by atoms with Crippen LogP contribution in [0.1, 0.15) is 31.8 Å². The number of hydrogen-bond acceptors (Lipinski definition) is 10. The van der Waals surface area contributed by atoms with Crippen molar-refractivity contribution in [1.82, 2.24) is 0 Å². The van der Waals surface area contributed by atoms with Gasteiger partial charge in [0, 0.05) is 11.1 Å². The monoisotopic (exact) mass is 492 g/mol. The average Bonchev–Trinajstić information content (AvgIpc) is 2.91. The first kappa shape index (κ1) is 25.2. The molecule has 0 saturated heterocycles. The molecule has 0 spiro atoms. The highest BCUT2D eigenvalue weighted by atomic mass is 16.4. The zero-order chi connectivity index (χ0) is 26.6. The van der Waals surface area contributed by atoms with E-state index in [1.54, 1.807) is 36.4 Å². The fourth-order valence-corrected chi connectivity index (χ4v) is 3.11. The van der Waals surface area contributed by atoms with Gasteiger partial charge in [-0.05, 0) is 12.1 Å². The van der Waals surface area contributed by atoms with Crippen LogP contribution in [0.25, 0.3) is 0 Å². The Balaban J connectivity index is 0.000000201. The lowest BCUT2D eigenvalue weighted by molar-refractivity contribution is 0.102. The van der Waals surface area contributed by atoms with Crippen molar-refractivity contribution in [2.24, 2.45) is 0 Å². The predicted molar refractivity (Wildman–Crippen MR) is 126 cm³/mol. The van der Waals surface area contributed by atoms with E-state index in [2.05, 4.69) is 0 Å². The van der Waals surface area contributed by atoms with Crippen LogP contribution in [0.4, 0.5) is 0 Å². The summed E-state index contributed by atoms with van der Waals surface area (Å²) in [6.45, 7) is 0. The molecule has 0 aliphatic rings. The first-order chi connectivity index (χ1) is 17.0. The Hall–Kier alpha value is -5.38. The molecule has 4 aromatic carbocycles. The Morgan fingerprint density at radius 1 is 0.417 bits per heavy atom. The van der Waals surface area contributed by atoms with Crippen molar-refractivity contribution in [1.29, 1.82) is 0 Å². The number of hydrogen-bond donors (Lipinski definition) is 8. The van der Waals surface area contributed by atoms with Gasteiger partial charge in [0.1, 0.15) is 0 Å². The van der Waals surface area contributed by atoms with Crippen LogP contribution in [0.15, 0.2) is 72.8 Å². The van der Waals surface area contributed by atoms with Crippen LogP contribution in [0, 0.1) is 0 Å². The first-order valence-electron chi connectivity index (χ1n) is 10.2. The van der Waals surface area contributed by atoms with Gasteiger partial charge in [0.2, 0.25) is 23.0 Å². The number of benzene rings is 4. The molecular formula is C26H20O10. The third-order valence-corrected chi connectivity index (χ3v) is 5.02. The van der Waals surface area contributed by atoms with Crippen molar-refractivity contribution < 1.29 is 50.4 Å². The van der Waals surface area contributed by atoms with Crippen LogP contribution in [-0.4, -0.2) is 52.4 Å². The van der Waals surface area contributed by atoms with E-state index in [-0.39, 0.29) is 22.3 Å². The van der Waals surface area contributed by atoms with Crippen molar-refractivity contribution >= 4 is 11.6 Å². The van der Waals surface area contributed by atoms with Gasteiger partial charge in [0.25, 0.3) is 0 Å². The molecular weight excluding hydrogens is 472 g/mol. The van der Waals surface area contributed by atoms with Crippen LogP contribution in [0.3, 0.4) is 0 Å². The fourth-order valence-electron chi connectivity index (χ4n) is 3.11. The summed E-state index contributed by atoms with van der Waals surface area (Å²) < 4.78 is 0. The lowest BCUT2D eigenvalue weighted by atomic mass is 10.0. The van der Waals surface area contributed by atoms with Gasteiger partial charge in [-0.2, -0.15) is 0 Å². The van der Waals surface area contributed by atoms with E-state index >= 15 is 0 Å². The van der Waals surface area contributed by atoms with Gasteiger partial charge in [-0.3, -0.25) is 9.59 Å². The minimum absolute atomic E-state index is 0.283.